The molecule has 0 aliphatic rings. The minimum Gasteiger partial charge on any atom is -0.495 e. The molecular weight excluding hydrogens is 326 g/mol. The number of carbonyl (C=O) groups excluding carboxylic acids is 1. The number of nitrogens with zero attached hydrogens (tertiary/aromatic N) is 1. The summed E-state index contributed by atoms with van der Waals surface area (Å²) in [5, 5.41) is 6.23. The van der Waals surface area contributed by atoms with Gasteiger partial charge in [0.1, 0.15) is 11.4 Å². The van der Waals surface area contributed by atoms with Gasteiger partial charge >= 0.3 is 0 Å². The van der Waals surface area contributed by atoms with Gasteiger partial charge in [-0.25, -0.2) is 0 Å². The second-order valence-electron chi connectivity index (χ2n) is 5.86. The molecular formula is C21H21N3O2. The Morgan fingerprint density at radius 1 is 1.04 bits per heavy atom. The van der Waals surface area contributed by atoms with Crippen LogP contribution in [0.5, 0.6) is 5.75 Å². The summed E-state index contributed by atoms with van der Waals surface area (Å²) in [4.78, 5) is 16.7. The lowest BCUT2D eigenvalue weighted by atomic mass is 10.1. The van der Waals surface area contributed by atoms with E-state index in [4.69, 9.17) is 4.74 Å². The number of amides is 1. The maximum atomic E-state index is 12.5. The Hall–Kier alpha value is -3.34. The molecule has 132 valence electrons. The lowest BCUT2D eigenvalue weighted by Gasteiger charge is -2.16. The third-order valence-electron chi connectivity index (χ3n) is 4.03. The Morgan fingerprint density at radius 3 is 2.54 bits per heavy atom. The Kier molecular flexibility index (Phi) is 5.49. The first-order chi connectivity index (χ1) is 12.7. The highest BCUT2D eigenvalue weighted by molar-refractivity contribution is 6.04. The average molecular weight is 347 g/mol. The molecule has 1 unspecified atom stereocenters. The highest BCUT2D eigenvalue weighted by atomic mass is 16.5. The lowest BCUT2D eigenvalue weighted by Crippen LogP contribution is -2.15. The fraction of sp³-hybridized carbons (Fsp3) is 0.143. The molecule has 3 aromatic rings. The number of rotatable bonds is 6. The van der Waals surface area contributed by atoms with Crippen molar-refractivity contribution < 1.29 is 9.53 Å². The van der Waals surface area contributed by atoms with E-state index in [-0.39, 0.29) is 11.9 Å². The number of para-hydroxylation sites is 2. The van der Waals surface area contributed by atoms with E-state index in [2.05, 4.69) is 34.7 Å². The van der Waals surface area contributed by atoms with Gasteiger partial charge in [-0.05, 0) is 36.8 Å². The third kappa shape index (κ3) is 4.19. The van der Waals surface area contributed by atoms with Crippen LogP contribution in [0, 0.1) is 0 Å². The van der Waals surface area contributed by atoms with Crippen LogP contribution in [0.1, 0.15) is 29.0 Å². The van der Waals surface area contributed by atoms with E-state index in [1.54, 1.807) is 31.5 Å². The first-order valence-electron chi connectivity index (χ1n) is 8.39. The van der Waals surface area contributed by atoms with E-state index in [1.165, 1.54) is 5.56 Å². The molecule has 2 N–H and O–H groups in total. The zero-order valence-corrected chi connectivity index (χ0v) is 14.8. The van der Waals surface area contributed by atoms with Crippen LogP contribution >= 0.6 is 0 Å². The van der Waals surface area contributed by atoms with Crippen LogP contribution in [0.25, 0.3) is 0 Å². The largest absolute Gasteiger partial charge is 0.495 e. The molecule has 0 radical (unpaired) electrons. The predicted octanol–water partition coefficient (Wildman–Crippen LogP) is 4.52. The molecule has 5 nitrogen and oxygen atoms in total. The number of methoxy groups -OCH3 is 1. The van der Waals surface area contributed by atoms with E-state index in [1.807, 2.05) is 36.4 Å². The zero-order chi connectivity index (χ0) is 18.4. The van der Waals surface area contributed by atoms with Crippen LogP contribution in [0.4, 0.5) is 11.4 Å². The number of benzene rings is 2. The number of ether oxygens (including phenoxy) is 1. The van der Waals surface area contributed by atoms with Gasteiger partial charge in [0.05, 0.1) is 12.8 Å². The van der Waals surface area contributed by atoms with Gasteiger partial charge in [-0.1, -0.05) is 42.5 Å². The van der Waals surface area contributed by atoms with Crippen LogP contribution in [0.15, 0.2) is 72.9 Å². The van der Waals surface area contributed by atoms with Crippen LogP contribution in [0.2, 0.25) is 0 Å². The van der Waals surface area contributed by atoms with Gasteiger partial charge in [-0.3, -0.25) is 9.78 Å². The smallest absolute Gasteiger partial charge is 0.274 e. The molecule has 5 heteroatoms. The van der Waals surface area contributed by atoms with Crippen molar-refractivity contribution in [2.75, 3.05) is 17.7 Å². The normalized spacial score (nSPS) is 11.5. The van der Waals surface area contributed by atoms with Crippen LogP contribution in [-0.2, 0) is 0 Å². The summed E-state index contributed by atoms with van der Waals surface area (Å²) in [6.45, 7) is 2.07. The number of aromatic nitrogens is 1. The van der Waals surface area contributed by atoms with Gasteiger partial charge in [0.2, 0.25) is 0 Å². The van der Waals surface area contributed by atoms with Gasteiger partial charge in [0, 0.05) is 17.9 Å². The van der Waals surface area contributed by atoms with Crippen molar-refractivity contribution in [2.24, 2.45) is 0 Å². The number of nitrogens with one attached hydrogen (secondary N) is 2. The third-order valence-corrected chi connectivity index (χ3v) is 4.03. The molecule has 26 heavy (non-hydrogen) atoms. The summed E-state index contributed by atoms with van der Waals surface area (Å²) in [6.07, 6.45) is 1.62. The second-order valence-corrected chi connectivity index (χ2v) is 5.86. The van der Waals surface area contributed by atoms with E-state index < -0.39 is 0 Å². The number of carbonyl (C=O) groups is 1. The van der Waals surface area contributed by atoms with E-state index >= 15 is 0 Å². The molecule has 1 atom stereocenters. The maximum absolute atomic E-state index is 12.5. The first-order valence-corrected chi connectivity index (χ1v) is 8.39. The molecule has 0 spiro atoms. The molecule has 1 heterocycles. The standard InChI is InChI=1S/C21H21N3O2/c1-15(16-8-4-3-5-9-16)23-17-12-13-22-19(14-17)21(25)24-18-10-6-7-11-20(18)26-2/h3-15H,1-2H3,(H,22,23)(H,24,25). The summed E-state index contributed by atoms with van der Waals surface area (Å²) in [6, 6.07) is 21.1. The first kappa shape index (κ1) is 17.5. The van der Waals surface area contributed by atoms with Crippen LogP contribution in [0.3, 0.4) is 0 Å². The fourth-order valence-corrected chi connectivity index (χ4v) is 2.65. The van der Waals surface area contributed by atoms with Crippen molar-refractivity contribution in [1.29, 1.82) is 0 Å². The Labute approximate surface area is 153 Å². The summed E-state index contributed by atoms with van der Waals surface area (Å²) in [5.41, 5.74) is 2.95. The highest BCUT2D eigenvalue weighted by Gasteiger charge is 2.12. The Morgan fingerprint density at radius 2 is 1.77 bits per heavy atom. The summed E-state index contributed by atoms with van der Waals surface area (Å²) in [7, 11) is 1.57. The number of hydrogen-bond donors (Lipinski definition) is 2. The number of anilines is 2. The summed E-state index contributed by atoms with van der Waals surface area (Å²) < 4.78 is 5.26. The zero-order valence-electron chi connectivity index (χ0n) is 14.8. The van der Waals surface area contributed by atoms with Gasteiger partial charge < -0.3 is 15.4 Å². The molecule has 3 rings (SSSR count). The monoisotopic (exact) mass is 347 g/mol. The summed E-state index contributed by atoms with van der Waals surface area (Å²) >= 11 is 0. The number of hydrogen-bond acceptors (Lipinski definition) is 4. The van der Waals surface area contributed by atoms with Crippen molar-refractivity contribution >= 4 is 17.3 Å². The van der Waals surface area contributed by atoms with Crippen molar-refractivity contribution in [3.63, 3.8) is 0 Å². The lowest BCUT2D eigenvalue weighted by molar-refractivity contribution is 0.102. The summed E-state index contributed by atoms with van der Waals surface area (Å²) in [5.74, 6) is 0.318. The number of pyridine rings is 1. The molecule has 0 saturated heterocycles. The van der Waals surface area contributed by atoms with E-state index in [9.17, 15) is 4.79 Å². The topological polar surface area (TPSA) is 63.2 Å². The molecule has 1 amide bonds. The maximum Gasteiger partial charge on any atom is 0.274 e. The van der Waals surface area contributed by atoms with Crippen molar-refractivity contribution in [3.05, 3.63) is 84.2 Å². The van der Waals surface area contributed by atoms with Crippen molar-refractivity contribution in [3.8, 4) is 5.75 Å². The molecule has 0 fully saturated rings. The molecule has 0 bridgehead atoms. The molecule has 0 saturated carbocycles. The van der Waals surface area contributed by atoms with Crippen molar-refractivity contribution in [2.45, 2.75) is 13.0 Å². The van der Waals surface area contributed by atoms with E-state index in [0.29, 0.717) is 17.1 Å². The molecule has 2 aromatic carbocycles. The predicted molar refractivity (Wildman–Crippen MR) is 104 cm³/mol. The Bertz CT molecular complexity index is 881. The molecule has 1 aromatic heterocycles. The molecule has 0 aliphatic carbocycles. The molecule has 0 aliphatic heterocycles. The SMILES string of the molecule is COc1ccccc1NC(=O)c1cc(NC(C)c2ccccc2)ccn1. The highest BCUT2D eigenvalue weighted by Crippen LogP contribution is 2.24. The van der Waals surface area contributed by atoms with Gasteiger partial charge in [-0.15, -0.1) is 0 Å². The van der Waals surface area contributed by atoms with Gasteiger partial charge in [0.25, 0.3) is 5.91 Å². The fourth-order valence-electron chi connectivity index (χ4n) is 2.65. The quantitative estimate of drug-likeness (QED) is 0.688. The van der Waals surface area contributed by atoms with Crippen LogP contribution in [-0.4, -0.2) is 18.0 Å². The minimum atomic E-state index is -0.287. The van der Waals surface area contributed by atoms with Crippen LogP contribution < -0.4 is 15.4 Å². The second kappa shape index (κ2) is 8.16. The Balaban J connectivity index is 1.73. The average Bonchev–Trinajstić information content (AvgIpc) is 2.69. The van der Waals surface area contributed by atoms with Gasteiger partial charge in [0.15, 0.2) is 0 Å². The van der Waals surface area contributed by atoms with Gasteiger partial charge in [-0.2, -0.15) is 0 Å². The minimum absolute atomic E-state index is 0.115. The van der Waals surface area contributed by atoms with Crippen molar-refractivity contribution in [1.82, 2.24) is 4.98 Å². The van der Waals surface area contributed by atoms with E-state index in [0.717, 1.165) is 5.69 Å².